The molecule has 0 heterocycles. The Labute approximate surface area is 189 Å². The normalized spacial score (nSPS) is 14.8. The van der Waals surface area contributed by atoms with Crippen molar-refractivity contribution in [3.63, 3.8) is 0 Å². The van der Waals surface area contributed by atoms with Gasteiger partial charge < -0.3 is 15.3 Å². The van der Waals surface area contributed by atoms with Gasteiger partial charge in [0.05, 0.1) is 12.2 Å². The fraction of sp³-hybridized carbons (Fsp3) is 1.00. The molecule has 0 radical (unpaired) electrons. The summed E-state index contributed by atoms with van der Waals surface area (Å²) in [7, 11) is 0. The molecular formula is C27H56O3. The van der Waals surface area contributed by atoms with Crippen molar-refractivity contribution in [2.75, 3.05) is 6.61 Å². The first-order valence-corrected chi connectivity index (χ1v) is 13.1. The minimum atomic E-state index is -1.37. The second-order valence-corrected chi connectivity index (χ2v) is 11.2. The van der Waals surface area contributed by atoms with Crippen molar-refractivity contribution >= 4 is 0 Å². The fourth-order valence-corrected chi connectivity index (χ4v) is 4.49. The van der Waals surface area contributed by atoms with Crippen LogP contribution in [0.5, 0.6) is 0 Å². The van der Waals surface area contributed by atoms with E-state index in [-0.39, 0.29) is 6.61 Å². The van der Waals surface area contributed by atoms with Crippen LogP contribution < -0.4 is 0 Å². The first-order valence-electron chi connectivity index (χ1n) is 13.1. The summed E-state index contributed by atoms with van der Waals surface area (Å²) in [6, 6.07) is 0. The Morgan fingerprint density at radius 2 is 0.767 bits per heavy atom. The fourth-order valence-electron chi connectivity index (χ4n) is 4.49. The topological polar surface area (TPSA) is 60.7 Å². The van der Waals surface area contributed by atoms with E-state index < -0.39 is 11.2 Å². The van der Waals surface area contributed by atoms with Crippen molar-refractivity contribution in [3.8, 4) is 0 Å². The smallest absolute Gasteiger partial charge is 0.116 e. The molecule has 0 aromatic rings. The van der Waals surface area contributed by atoms with Gasteiger partial charge in [-0.1, -0.05) is 119 Å². The second-order valence-electron chi connectivity index (χ2n) is 11.2. The van der Waals surface area contributed by atoms with Gasteiger partial charge in [-0.25, -0.2) is 0 Å². The number of hydrogen-bond acceptors (Lipinski definition) is 3. The maximum atomic E-state index is 11.6. The van der Waals surface area contributed by atoms with Gasteiger partial charge in [0.1, 0.15) is 5.60 Å². The lowest BCUT2D eigenvalue weighted by molar-refractivity contribution is -0.185. The predicted octanol–water partition coefficient (Wildman–Crippen LogP) is 7.26. The summed E-state index contributed by atoms with van der Waals surface area (Å²) in [5, 5.41) is 33.0. The third-order valence-electron chi connectivity index (χ3n) is 6.74. The second kappa shape index (κ2) is 16.5. The summed E-state index contributed by atoms with van der Waals surface area (Å²) in [6.07, 6.45) is 14.8. The van der Waals surface area contributed by atoms with Crippen LogP contribution in [0.15, 0.2) is 0 Å². The molecule has 3 N–H and O–H groups in total. The van der Waals surface area contributed by atoms with Gasteiger partial charge in [-0.3, -0.25) is 0 Å². The van der Waals surface area contributed by atoms with E-state index in [1.54, 1.807) is 0 Å². The molecule has 30 heavy (non-hydrogen) atoms. The van der Waals surface area contributed by atoms with Crippen LogP contribution in [0.3, 0.4) is 0 Å². The maximum absolute atomic E-state index is 11.6. The quantitative estimate of drug-likeness (QED) is 0.179. The van der Waals surface area contributed by atoms with Crippen molar-refractivity contribution in [1.29, 1.82) is 0 Å². The molecule has 0 saturated heterocycles. The SMILES string of the molecule is CC(C)CCCCCC(O)(CO)C(O)(CCCCCC(C)C)CCCCCC(C)C. The third-order valence-corrected chi connectivity index (χ3v) is 6.74. The van der Waals surface area contributed by atoms with E-state index in [0.29, 0.717) is 37.0 Å². The minimum Gasteiger partial charge on any atom is -0.393 e. The molecule has 0 amide bonds. The van der Waals surface area contributed by atoms with Crippen LogP contribution >= 0.6 is 0 Å². The van der Waals surface area contributed by atoms with E-state index in [4.69, 9.17) is 0 Å². The van der Waals surface area contributed by atoms with Gasteiger partial charge in [0.2, 0.25) is 0 Å². The first-order chi connectivity index (χ1) is 14.1. The average molecular weight is 429 g/mol. The van der Waals surface area contributed by atoms with E-state index in [1.165, 1.54) is 32.1 Å². The summed E-state index contributed by atoms with van der Waals surface area (Å²) < 4.78 is 0. The molecule has 3 heteroatoms. The Morgan fingerprint density at radius 1 is 0.467 bits per heavy atom. The maximum Gasteiger partial charge on any atom is 0.116 e. The Kier molecular flexibility index (Phi) is 16.4. The van der Waals surface area contributed by atoms with Crippen LogP contribution in [0.1, 0.15) is 138 Å². The lowest BCUT2D eigenvalue weighted by Crippen LogP contribution is -2.56. The van der Waals surface area contributed by atoms with Gasteiger partial charge in [0, 0.05) is 0 Å². The van der Waals surface area contributed by atoms with Gasteiger partial charge in [-0.2, -0.15) is 0 Å². The lowest BCUT2D eigenvalue weighted by Gasteiger charge is -2.43. The number of hydrogen-bond donors (Lipinski definition) is 3. The molecule has 1 atom stereocenters. The zero-order valence-corrected chi connectivity index (χ0v) is 21.4. The van der Waals surface area contributed by atoms with Crippen molar-refractivity contribution in [1.82, 2.24) is 0 Å². The van der Waals surface area contributed by atoms with Crippen LogP contribution in [0, 0.1) is 17.8 Å². The van der Waals surface area contributed by atoms with E-state index in [9.17, 15) is 15.3 Å². The molecule has 0 aromatic heterocycles. The third kappa shape index (κ3) is 13.3. The molecule has 1 unspecified atom stereocenters. The molecule has 0 saturated carbocycles. The van der Waals surface area contributed by atoms with Crippen molar-refractivity contribution in [2.24, 2.45) is 17.8 Å². The summed E-state index contributed by atoms with van der Waals surface area (Å²) >= 11 is 0. The lowest BCUT2D eigenvalue weighted by atomic mass is 9.73. The average Bonchev–Trinajstić information content (AvgIpc) is 2.66. The molecule has 0 aliphatic carbocycles. The van der Waals surface area contributed by atoms with E-state index >= 15 is 0 Å². The van der Waals surface area contributed by atoms with Crippen LogP contribution in [0.4, 0.5) is 0 Å². The molecule has 3 nitrogen and oxygen atoms in total. The molecule has 0 bridgehead atoms. The Hall–Kier alpha value is -0.120. The molecular weight excluding hydrogens is 372 g/mol. The van der Waals surface area contributed by atoms with Crippen molar-refractivity contribution < 1.29 is 15.3 Å². The number of rotatable bonds is 20. The molecule has 182 valence electrons. The van der Waals surface area contributed by atoms with E-state index in [2.05, 4.69) is 41.5 Å². The minimum absolute atomic E-state index is 0.342. The zero-order chi connectivity index (χ0) is 23.0. The molecule has 0 aliphatic rings. The van der Waals surface area contributed by atoms with Gasteiger partial charge in [0.25, 0.3) is 0 Å². The molecule has 0 aliphatic heterocycles. The zero-order valence-electron chi connectivity index (χ0n) is 21.4. The van der Waals surface area contributed by atoms with Crippen LogP contribution in [0.25, 0.3) is 0 Å². The van der Waals surface area contributed by atoms with E-state index in [0.717, 1.165) is 44.9 Å². The number of aliphatic hydroxyl groups is 3. The molecule has 0 spiro atoms. The first kappa shape index (κ1) is 29.9. The Bertz CT molecular complexity index is 374. The standard InChI is InChI=1S/C27H56O3/c1-23(2)16-10-7-13-19-26(29,20-14-8-11-17-24(3)4)27(30,22-28)21-15-9-12-18-25(5)6/h23-25,28-30H,7-22H2,1-6H3. The highest BCUT2D eigenvalue weighted by molar-refractivity contribution is 4.99. The number of aliphatic hydroxyl groups excluding tert-OH is 1. The highest BCUT2D eigenvalue weighted by Crippen LogP contribution is 2.37. The monoisotopic (exact) mass is 428 g/mol. The van der Waals surface area contributed by atoms with Gasteiger partial charge in [-0.05, 0) is 37.0 Å². The molecule has 0 rings (SSSR count). The summed E-state index contributed by atoms with van der Waals surface area (Å²) in [5.41, 5.74) is -2.55. The summed E-state index contributed by atoms with van der Waals surface area (Å²) in [4.78, 5) is 0. The van der Waals surface area contributed by atoms with Gasteiger partial charge in [-0.15, -0.1) is 0 Å². The summed E-state index contributed by atoms with van der Waals surface area (Å²) in [5.74, 6) is 2.13. The summed E-state index contributed by atoms with van der Waals surface area (Å²) in [6.45, 7) is 13.1. The number of unbranched alkanes of at least 4 members (excludes halogenated alkanes) is 6. The van der Waals surface area contributed by atoms with Crippen molar-refractivity contribution in [2.45, 2.75) is 149 Å². The molecule has 0 fully saturated rings. The van der Waals surface area contributed by atoms with Crippen molar-refractivity contribution in [3.05, 3.63) is 0 Å². The van der Waals surface area contributed by atoms with Crippen LogP contribution in [-0.4, -0.2) is 33.1 Å². The van der Waals surface area contributed by atoms with E-state index in [1.807, 2.05) is 0 Å². The van der Waals surface area contributed by atoms with Gasteiger partial charge in [0.15, 0.2) is 0 Å². The highest BCUT2D eigenvalue weighted by Gasteiger charge is 2.47. The predicted molar refractivity (Wildman–Crippen MR) is 131 cm³/mol. The molecule has 0 aromatic carbocycles. The van der Waals surface area contributed by atoms with Gasteiger partial charge >= 0.3 is 0 Å². The Morgan fingerprint density at radius 3 is 1.03 bits per heavy atom. The largest absolute Gasteiger partial charge is 0.393 e. The Balaban J connectivity index is 4.81. The highest BCUT2D eigenvalue weighted by atomic mass is 16.4. The van der Waals surface area contributed by atoms with Crippen LogP contribution in [-0.2, 0) is 0 Å². The van der Waals surface area contributed by atoms with Crippen LogP contribution in [0.2, 0.25) is 0 Å².